The third-order valence-electron chi connectivity index (χ3n) is 1.85. The minimum absolute atomic E-state index is 0.0669. The molecule has 0 fully saturated rings. The van der Waals surface area contributed by atoms with E-state index in [-0.39, 0.29) is 17.5 Å². The second-order valence-corrected chi connectivity index (χ2v) is 3.50. The Labute approximate surface area is 82.4 Å². The number of rotatable bonds is 0. The minimum Gasteiger partial charge on any atom is -0.443 e. The van der Waals surface area contributed by atoms with Crippen LogP contribution >= 0.6 is 15.9 Å². The zero-order valence-electron chi connectivity index (χ0n) is 6.59. The molecule has 0 saturated heterocycles. The van der Waals surface area contributed by atoms with Gasteiger partial charge in [-0.2, -0.15) is 0 Å². The van der Waals surface area contributed by atoms with Gasteiger partial charge in [0.25, 0.3) is 5.91 Å². The summed E-state index contributed by atoms with van der Waals surface area (Å²) in [5.41, 5.74) is 0.363. The molecule has 0 aliphatic carbocycles. The highest BCUT2D eigenvalue weighted by molar-refractivity contribution is 9.10. The number of hydrogen-bond acceptors (Lipinski definition) is 3. The number of amides is 1. The van der Waals surface area contributed by atoms with Gasteiger partial charge in [0, 0.05) is 19.0 Å². The van der Waals surface area contributed by atoms with Gasteiger partial charge in [0.1, 0.15) is 0 Å². The molecule has 0 unspecified atom stereocenters. The quantitative estimate of drug-likeness (QED) is 0.749. The molecule has 0 atom stereocenters. The maximum Gasteiger partial charge on any atom is 0.287 e. The molecule has 1 aromatic rings. The van der Waals surface area contributed by atoms with Crippen LogP contribution in [-0.2, 0) is 0 Å². The molecule has 0 spiro atoms. The fourth-order valence-electron chi connectivity index (χ4n) is 1.24. The number of carbonyl (C=O) groups is 2. The van der Waals surface area contributed by atoms with Crippen LogP contribution in [0.2, 0.25) is 0 Å². The third-order valence-corrected chi connectivity index (χ3v) is 2.24. The molecule has 2 rings (SSSR count). The van der Waals surface area contributed by atoms with Gasteiger partial charge in [-0.05, 0) is 15.9 Å². The third kappa shape index (κ3) is 1.39. The lowest BCUT2D eigenvalue weighted by molar-refractivity contribution is 0.0927. The van der Waals surface area contributed by atoms with Crippen molar-refractivity contribution < 1.29 is 14.0 Å². The zero-order valence-corrected chi connectivity index (χ0v) is 8.18. The standard InChI is InChI=1S/C8H6BrNO3/c9-6-3-4-5(11)1-2-10-8(12)7(4)13-6/h3H,1-2H2,(H,10,12). The molecule has 1 aliphatic rings. The van der Waals surface area contributed by atoms with E-state index in [4.69, 9.17) is 4.42 Å². The molecule has 0 saturated carbocycles. The van der Waals surface area contributed by atoms with Gasteiger partial charge in [0.05, 0.1) is 5.56 Å². The molecule has 1 N–H and O–H groups in total. The number of halogens is 1. The molecule has 2 heterocycles. The summed E-state index contributed by atoms with van der Waals surface area (Å²) in [6.07, 6.45) is 0.324. The predicted octanol–water partition coefficient (Wildman–Crippen LogP) is 1.36. The summed E-state index contributed by atoms with van der Waals surface area (Å²) in [7, 11) is 0. The first-order valence-electron chi connectivity index (χ1n) is 3.79. The Kier molecular flexibility index (Phi) is 1.95. The number of fused-ring (bicyclic) bond motifs is 1. The van der Waals surface area contributed by atoms with Crippen molar-refractivity contribution in [2.24, 2.45) is 0 Å². The van der Waals surface area contributed by atoms with E-state index in [1.807, 2.05) is 0 Å². The summed E-state index contributed by atoms with van der Waals surface area (Å²) >= 11 is 3.07. The smallest absolute Gasteiger partial charge is 0.287 e. The molecule has 1 aromatic heterocycles. The van der Waals surface area contributed by atoms with Crippen molar-refractivity contribution >= 4 is 27.6 Å². The van der Waals surface area contributed by atoms with Crippen LogP contribution in [0, 0.1) is 0 Å². The summed E-state index contributed by atoms with van der Waals surface area (Å²) in [5.74, 6) is -0.288. The van der Waals surface area contributed by atoms with Gasteiger partial charge < -0.3 is 9.73 Å². The van der Waals surface area contributed by atoms with Crippen LogP contribution in [-0.4, -0.2) is 18.2 Å². The number of Topliss-reactive ketones (excluding diaryl/α,β-unsaturated/α-hetero) is 1. The lowest BCUT2D eigenvalue weighted by Gasteiger charge is -1.94. The van der Waals surface area contributed by atoms with Crippen LogP contribution in [0.5, 0.6) is 0 Å². The molecule has 4 nitrogen and oxygen atoms in total. The average molecular weight is 244 g/mol. The Morgan fingerprint density at radius 1 is 1.46 bits per heavy atom. The SMILES string of the molecule is O=C1CCNC(=O)c2oc(Br)cc21. The van der Waals surface area contributed by atoms with Crippen LogP contribution < -0.4 is 5.32 Å². The van der Waals surface area contributed by atoms with E-state index in [2.05, 4.69) is 21.2 Å². The van der Waals surface area contributed by atoms with Crippen molar-refractivity contribution in [2.45, 2.75) is 6.42 Å². The van der Waals surface area contributed by atoms with Gasteiger partial charge in [0.15, 0.2) is 10.5 Å². The van der Waals surface area contributed by atoms with E-state index >= 15 is 0 Å². The molecule has 1 amide bonds. The highest BCUT2D eigenvalue weighted by Crippen LogP contribution is 2.22. The van der Waals surface area contributed by atoms with Gasteiger partial charge in [-0.15, -0.1) is 0 Å². The zero-order chi connectivity index (χ0) is 9.42. The summed E-state index contributed by atoms with van der Waals surface area (Å²) in [6.45, 7) is 0.374. The van der Waals surface area contributed by atoms with Crippen molar-refractivity contribution in [3.05, 3.63) is 22.1 Å². The normalized spacial score (nSPS) is 16.4. The fraction of sp³-hybridized carbons (Fsp3) is 0.250. The van der Waals surface area contributed by atoms with Crippen LogP contribution in [0.1, 0.15) is 27.3 Å². The van der Waals surface area contributed by atoms with Crippen LogP contribution in [0.15, 0.2) is 15.2 Å². The Morgan fingerprint density at radius 3 is 3.00 bits per heavy atom. The van der Waals surface area contributed by atoms with E-state index in [1.165, 1.54) is 6.07 Å². The maximum absolute atomic E-state index is 11.4. The van der Waals surface area contributed by atoms with Crippen LogP contribution in [0.25, 0.3) is 0 Å². The Balaban J connectivity index is 2.56. The first-order valence-corrected chi connectivity index (χ1v) is 4.58. The van der Waals surface area contributed by atoms with Crippen LogP contribution in [0.4, 0.5) is 0 Å². The van der Waals surface area contributed by atoms with Gasteiger partial charge in [-0.3, -0.25) is 9.59 Å². The Hall–Kier alpha value is -1.10. The predicted molar refractivity (Wildman–Crippen MR) is 47.7 cm³/mol. The number of carbonyl (C=O) groups excluding carboxylic acids is 2. The summed E-state index contributed by atoms with van der Waals surface area (Å²) in [4.78, 5) is 22.7. The van der Waals surface area contributed by atoms with Crippen molar-refractivity contribution in [1.29, 1.82) is 0 Å². The van der Waals surface area contributed by atoms with Gasteiger partial charge >= 0.3 is 0 Å². The highest BCUT2D eigenvalue weighted by Gasteiger charge is 2.25. The molecule has 5 heteroatoms. The van der Waals surface area contributed by atoms with Gasteiger partial charge in [0.2, 0.25) is 5.76 Å². The molecule has 0 radical (unpaired) electrons. The van der Waals surface area contributed by atoms with E-state index in [9.17, 15) is 9.59 Å². The fourth-order valence-corrected chi connectivity index (χ4v) is 1.63. The largest absolute Gasteiger partial charge is 0.443 e. The molecule has 1 aliphatic heterocycles. The van der Waals surface area contributed by atoms with Crippen molar-refractivity contribution in [3.8, 4) is 0 Å². The number of ketones is 1. The summed E-state index contributed by atoms with van der Waals surface area (Å²) in [5, 5.41) is 2.57. The Morgan fingerprint density at radius 2 is 2.23 bits per heavy atom. The monoisotopic (exact) mass is 243 g/mol. The second kappa shape index (κ2) is 2.99. The molecular formula is C8H6BrNO3. The average Bonchev–Trinajstić information content (AvgIpc) is 2.41. The molecule has 68 valence electrons. The molecule has 0 bridgehead atoms. The van der Waals surface area contributed by atoms with Crippen LogP contribution in [0.3, 0.4) is 0 Å². The number of nitrogens with one attached hydrogen (secondary N) is 1. The Bertz CT molecular complexity index is 349. The van der Waals surface area contributed by atoms with E-state index in [1.54, 1.807) is 0 Å². The summed E-state index contributed by atoms with van der Waals surface area (Å²) < 4.78 is 5.46. The van der Waals surface area contributed by atoms with E-state index in [0.717, 1.165) is 0 Å². The van der Waals surface area contributed by atoms with Gasteiger partial charge in [-0.25, -0.2) is 0 Å². The second-order valence-electron chi connectivity index (χ2n) is 2.72. The lowest BCUT2D eigenvalue weighted by Crippen LogP contribution is -2.22. The van der Waals surface area contributed by atoms with E-state index in [0.29, 0.717) is 23.2 Å². The van der Waals surface area contributed by atoms with Gasteiger partial charge in [-0.1, -0.05) is 0 Å². The number of furan rings is 1. The van der Waals surface area contributed by atoms with Crippen molar-refractivity contribution in [1.82, 2.24) is 5.32 Å². The highest BCUT2D eigenvalue weighted by atomic mass is 79.9. The lowest BCUT2D eigenvalue weighted by atomic mass is 10.1. The molecule has 0 aromatic carbocycles. The first kappa shape index (κ1) is 8.50. The molecular weight excluding hydrogens is 238 g/mol. The number of hydrogen-bond donors (Lipinski definition) is 1. The first-order chi connectivity index (χ1) is 6.18. The molecule has 13 heavy (non-hydrogen) atoms. The maximum atomic E-state index is 11.4. The minimum atomic E-state index is -0.327. The summed E-state index contributed by atoms with van der Waals surface area (Å²) in [6, 6.07) is 1.53. The van der Waals surface area contributed by atoms with Crippen molar-refractivity contribution in [2.75, 3.05) is 6.54 Å². The van der Waals surface area contributed by atoms with Crippen molar-refractivity contribution in [3.63, 3.8) is 0 Å². The topological polar surface area (TPSA) is 59.3 Å². The van der Waals surface area contributed by atoms with E-state index < -0.39 is 0 Å².